The number of carbonyl (C=O) groups is 1. The highest BCUT2D eigenvalue weighted by Crippen LogP contribution is 2.49. The van der Waals surface area contributed by atoms with Crippen LogP contribution in [0.5, 0.6) is 0 Å². The largest absolute Gasteiger partial charge is 0.454 e. The van der Waals surface area contributed by atoms with Crippen molar-refractivity contribution in [1.82, 2.24) is 5.32 Å². The van der Waals surface area contributed by atoms with E-state index in [0.717, 1.165) is 0 Å². The smallest absolute Gasteiger partial charge is 0.382 e. The van der Waals surface area contributed by atoms with Gasteiger partial charge in [0.2, 0.25) is 5.54 Å². The van der Waals surface area contributed by atoms with Crippen LogP contribution in [0.2, 0.25) is 0 Å². The molecule has 0 amide bonds. The Morgan fingerprint density at radius 2 is 2.05 bits per heavy atom. The molecule has 10 heteroatoms. The summed E-state index contributed by atoms with van der Waals surface area (Å²) >= 11 is 0. The molecule has 1 saturated heterocycles. The van der Waals surface area contributed by atoms with Crippen molar-refractivity contribution in [3.8, 4) is 0 Å². The van der Waals surface area contributed by atoms with E-state index in [9.17, 15) is 30.4 Å². The topological polar surface area (TPSA) is 169 Å². The standard InChI is InChI=1S/C11H17N3O7/c1-10(19)2-3-7(17)13-9(12)14(20)11(3)4(15)6(10)21-8(18)5(11)16/h3-7,15-17,19-20H,2H2,1H3,(H2,12,13)/p+1/t3-,4?,5-,6+,7-,10+,11-/m1/s1. The summed E-state index contributed by atoms with van der Waals surface area (Å²) in [6, 6.07) is 0. The lowest BCUT2D eigenvalue weighted by molar-refractivity contribution is -0.851. The second-order valence-corrected chi connectivity index (χ2v) is 6.05. The van der Waals surface area contributed by atoms with E-state index < -0.39 is 53.5 Å². The number of carbonyl (C=O) groups excluding carboxylic acids is 1. The van der Waals surface area contributed by atoms with E-state index in [0.29, 0.717) is 4.74 Å². The number of hydroxylamine groups is 1. The minimum absolute atomic E-state index is 0.141. The molecular formula is C11H18N3O7+. The quantitative estimate of drug-likeness (QED) is 0.133. The molecule has 0 aromatic rings. The molecule has 2 heterocycles. The van der Waals surface area contributed by atoms with Gasteiger partial charge in [-0.2, -0.15) is 0 Å². The van der Waals surface area contributed by atoms with E-state index in [2.05, 4.69) is 5.32 Å². The highest BCUT2D eigenvalue weighted by atomic mass is 16.6. The predicted molar refractivity (Wildman–Crippen MR) is 63.7 cm³/mol. The van der Waals surface area contributed by atoms with E-state index >= 15 is 0 Å². The monoisotopic (exact) mass is 304 g/mol. The van der Waals surface area contributed by atoms with E-state index in [4.69, 9.17) is 10.5 Å². The molecular weight excluding hydrogens is 286 g/mol. The van der Waals surface area contributed by atoms with Gasteiger partial charge in [0.05, 0.1) is 5.92 Å². The lowest BCUT2D eigenvalue weighted by atomic mass is 9.59. The molecule has 7 atom stereocenters. The lowest BCUT2D eigenvalue weighted by Gasteiger charge is -2.58. The van der Waals surface area contributed by atoms with Gasteiger partial charge < -0.3 is 30.4 Å². The van der Waals surface area contributed by atoms with Crippen molar-refractivity contribution >= 4 is 11.9 Å². The summed E-state index contributed by atoms with van der Waals surface area (Å²) in [5.74, 6) is -2.61. The minimum Gasteiger partial charge on any atom is -0.454 e. The second-order valence-electron chi connectivity index (χ2n) is 6.05. The Morgan fingerprint density at radius 3 is 2.67 bits per heavy atom. The fraction of sp³-hybridized carbons (Fsp3) is 0.818. The van der Waals surface area contributed by atoms with Crippen LogP contribution in [0.15, 0.2) is 0 Å². The fourth-order valence-corrected chi connectivity index (χ4v) is 3.75. The van der Waals surface area contributed by atoms with Crippen LogP contribution in [0.4, 0.5) is 0 Å². The fourth-order valence-electron chi connectivity index (χ4n) is 3.75. The summed E-state index contributed by atoms with van der Waals surface area (Å²) in [5, 5.41) is 53.8. The Balaban J connectivity index is 2.25. The van der Waals surface area contributed by atoms with Crippen LogP contribution in [-0.2, 0) is 9.53 Å². The normalized spacial score (nSPS) is 52.8. The van der Waals surface area contributed by atoms with Gasteiger partial charge in [-0.25, -0.2) is 10.1 Å². The Morgan fingerprint density at radius 1 is 1.43 bits per heavy atom. The summed E-state index contributed by atoms with van der Waals surface area (Å²) < 4.78 is 5.23. The van der Waals surface area contributed by atoms with Gasteiger partial charge >= 0.3 is 11.9 Å². The summed E-state index contributed by atoms with van der Waals surface area (Å²) in [6.45, 7) is 1.34. The van der Waals surface area contributed by atoms with Crippen molar-refractivity contribution in [3.05, 3.63) is 0 Å². The number of fused-ring (bicyclic) bond motifs is 1. The molecule has 2 aliphatic heterocycles. The maximum Gasteiger partial charge on any atom is 0.382 e. The van der Waals surface area contributed by atoms with E-state index in [1.165, 1.54) is 6.92 Å². The Bertz CT molecular complexity index is 536. The van der Waals surface area contributed by atoms with Crippen LogP contribution in [0.3, 0.4) is 0 Å². The first kappa shape index (κ1) is 14.3. The maximum absolute atomic E-state index is 11.9. The first-order valence-corrected chi connectivity index (χ1v) is 6.49. The van der Waals surface area contributed by atoms with Crippen LogP contribution >= 0.6 is 0 Å². The van der Waals surface area contributed by atoms with Crippen LogP contribution in [0.25, 0.3) is 0 Å². The molecule has 3 aliphatic rings. The number of hydrogen-bond acceptors (Lipinski definition) is 9. The molecule has 8 N–H and O–H groups in total. The number of esters is 1. The second kappa shape index (κ2) is 3.97. The number of aliphatic hydroxyl groups excluding tert-OH is 3. The molecule has 1 saturated carbocycles. The summed E-state index contributed by atoms with van der Waals surface area (Å²) in [5.41, 5.74) is 1.90. The number of nitrogens with one attached hydrogen (secondary N) is 1. The van der Waals surface area contributed by atoms with Crippen molar-refractivity contribution in [1.29, 1.82) is 0 Å². The molecule has 21 heavy (non-hydrogen) atoms. The lowest BCUT2D eigenvalue weighted by Crippen LogP contribution is -2.84. The molecule has 1 unspecified atom stereocenters. The molecule has 2 bridgehead atoms. The number of rotatable bonds is 0. The highest BCUT2D eigenvalue weighted by molar-refractivity contribution is 5.80. The number of guanidine groups is 1. The van der Waals surface area contributed by atoms with Crippen molar-refractivity contribution in [3.63, 3.8) is 0 Å². The van der Waals surface area contributed by atoms with Gasteiger partial charge in [-0.05, 0) is 13.3 Å². The average molecular weight is 304 g/mol. The van der Waals surface area contributed by atoms with E-state index in [1.807, 2.05) is 0 Å². The maximum atomic E-state index is 11.9. The van der Waals surface area contributed by atoms with Crippen molar-refractivity contribution in [2.45, 2.75) is 49.0 Å². The molecule has 0 radical (unpaired) electrons. The summed E-state index contributed by atoms with van der Waals surface area (Å²) in [6.07, 6.45) is -6.48. The van der Waals surface area contributed by atoms with Gasteiger partial charge in [0.25, 0.3) is 0 Å². The number of nitrogens with two attached hydrogens (primary N) is 1. The zero-order valence-electron chi connectivity index (χ0n) is 11.2. The van der Waals surface area contributed by atoms with Gasteiger partial charge in [0.1, 0.15) is 11.7 Å². The number of hydrogen-bond donors (Lipinski definition) is 7. The highest BCUT2D eigenvalue weighted by Gasteiger charge is 2.75. The Labute approximate surface area is 119 Å². The zero-order chi connectivity index (χ0) is 15.7. The minimum atomic E-state index is -1.99. The van der Waals surface area contributed by atoms with Crippen LogP contribution < -0.4 is 11.1 Å². The Kier molecular flexibility index (Phi) is 2.71. The van der Waals surface area contributed by atoms with Crippen molar-refractivity contribution < 1.29 is 39.9 Å². The molecule has 0 aromatic carbocycles. The van der Waals surface area contributed by atoms with Crippen molar-refractivity contribution in [2.24, 2.45) is 11.7 Å². The first-order valence-electron chi connectivity index (χ1n) is 6.49. The Hall–Kier alpha value is -1.62. The third-order valence-electron chi connectivity index (χ3n) is 4.78. The van der Waals surface area contributed by atoms with Gasteiger partial charge in [0, 0.05) is 0 Å². The van der Waals surface area contributed by atoms with E-state index in [-0.39, 0.29) is 6.42 Å². The third kappa shape index (κ3) is 1.50. The molecule has 118 valence electrons. The van der Waals surface area contributed by atoms with E-state index in [1.54, 1.807) is 0 Å². The van der Waals surface area contributed by atoms with Gasteiger partial charge in [-0.1, -0.05) is 4.74 Å². The first-order chi connectivity index (χ1) is 9.64. The molecule has 0 aromatic heterocycles. The number of ether oxygens (including phenoxy) is 1. The van der Waals surface area contributed by atoms with Gasteiger partial charge in [-0.3, -0.25) is 5.73 Å². The molecule has 1 spiro atoms. The van der Waals surface area contributed by atoms with Gasteiger partial charge in [-0.15, -0.1) is 0 Å². The summed E-state index contributed by atoms with van der Waals surface area (Å²) in [7, 11) is 0. The SMILES string of the molecule is C[C@]1(O)C[C@@H]2[C@@H](O)NC(N)=[N+](O)[C@@]23C(O)[C@@H]1OC(=O)[C@H]3O. The predicted octanol–water partition coefficient (Wildman–Crippen LogP) is -4.22. The number of nitrogens with zero attached hydrogens (tertiary/aromatic N) is 1. The summed E-state index contributed by atoms with van der Waals surface area (Å²) in [4.78, 5) is 11.9. The molecule has 10 nitrogen and oxygen atoms in total. The van der Waals surface area contributed by atoms with Crippen molar-refractivity contribution in [2.75, 3.05) is 0 Å². The zero-order valence-corrected chi connectivity index (χ0v) is 11.2. The van der Waals surface area contributed by atoms with Crippen LogP contribution in [0, 0.1) is 5.92 Å². The third-order valence-corrected chi connectivity index (χ3v) is 4.78. The number of aliphatic hydroxyl groups is 4. The van der Waals surface area contributed by atoms with Gasteiger partial charge in [0.15, 0.2) is 18.4 Å². The molecule has 2 fully saturated rings. The molecule has 3 rings (SSSR count). The average Bonchev–Trinajstić information content (AvgIpc) is 2.38. The molecule has 1 aliphatic carbocycles. The van der Waals surface area contributed by atoms with Crippen LogP contribution in [0.1, 0.15) is 13.3 Å². The van der Waals surface area contributed by atoms with Crippen LogP contribution in [-0.4, -0.2) is 78.0 Å².